The van der Waals surface area contributed by atoms with Gasteiger partial charge in [-0.15, -0.1) is 0 Å². The third-order valence-corrected chi connectivity index (χ3v) is 5.58. The van der Waals surface area contributed by atoms with Crippen LogP contribution >= 0.6 is 11.6 Å². The Labute approximate surface area is 147 Å². The number of carbonyl (C=O) groups excluding carboxylic acids is 1. The van der Waals surface area contributed by atoms with Gasteiger partial charge in [0.25, 0.3) is 0 Å². The number of halogens is 1. The van der Waals surface area contributed by atoms with E-state index >= 15 is 0 Å². The van der Waals surface area contributed by atoms with E-state index in [9.17, 15) is 4.79 Å². The molecule has 24 heavy (non-hydrogen) atoms. The van der Waals surface area contributed by atoms with Gasteiger partial charge < -0.3 is 9.30 Å². The summed E-state index contributed by atoms with van der Waals surface area (Å²) in [5.41, 5.74) is 3.03. The van der Waals surface area contributed by atoms with Gasteiger partial charge in [0.1, 0.15) is 5.65 Å². The lowest BCUT2D eigenvalue weighted by Gasteiger charge is -2.37. The highest BCUT2D eigenvalue weighted by atomic mass is 35.5. The molecule has 0 radical (unpaired) electrons. The van der Waals surface area contributed by atoms with Crippen molar-refractivity contribution in [2.75, 3.05) is 19.6 Å². The molecule has 6 heteroatoms. The summed E-state index contributed by atoms with van der Waals surface area (Å²) in [6.45, 7) is 5.03. The Bertz CT molecular complexity index is 766. The first-order chi connectivity index (χ1) is 11.6. The molecule has 0 N–H and O–H groups in total. The zero-order chi connectivity index (χ0) is 16.7. The quantitative estimate of drug-likeness (QED) is 0.858. The number of hydrogen-bond donors (Lipinski definition) is 0. The van der Waals surface area contributed by atoms with E-state index in [1.54, 1.807) is 0 Å². The number of hydrogen-bond acceptors (Lipinski definition) is 3. The van der Waals surface area contributed by atoms with Crippen molar-refractivity contribution in [2.24, 2.45) is 0 Å². The van der Waals surface area contributed by atoms with Crippen LogP contribution in [0, 0.1) is 6.92 Å². The van der Waals surface area contributed by atoms with Crippen LogP contribution in [0.4, 0.5) is 0 Å². The molecule has 1 aliphatic heterocycles. The zero-order valence-corrected chi connectivity index (χ0v) is 14.8. The molecule has 1 saturated heterocycles. The molecule has 2 aromatic rings. The van der Waals surface area contributed by atoms with Crippen molar-refractivity contribution in [1.82, 2.24) is 19.2 Å². The number of aryl methyl sites for hydroxylation is 1. The lowest BCUT2D eigenvalue weighted by atomic mass is 10.1. The summed E-state index contributed by atoms with van der Waals surface area (Å²) >= 11 is 6.13. The van der Waals surface area contributed by atoms with Crippen molar-refractivity contribution < 1.29 is 4.79 Å². The van der Waals surface area contributed by atoms with Crippen LogP contribution in [0.3, 0.4) is 0 Å². The van der Waals surface area contributed by atoms with Gasteiger partial charge in [-0.25, -0.2) is 4.98 Å². The first-order valence-electron chi connectivity index (χ1n) is 8.77. The van der Waals surface area contributed by atoms with Gasteiger partial charge >= 0.3 is 0 Å². The summed E-state index contributed by atoms with van der Waals surface area (Å²) in [5, 5.41) is 0.697. The molecule has 128 valence electrons. The molecule has 4 rings (SSSR count). The molecule has 5 nitrogen and oxygen atoms in total. The lowest BCUT2D eigenvalue weighted by Crippen LogP contribution is -2.53. The summed E-state index contributed by atoms with van der Waals surface area (Å²) in [6, 6.07) is 4.27. The van der Waals surface area contributed by atoms with E-state index in [2.05, 4.69) is 14.8 Å². The third-order valence-electron chi connectivity index (χ3n) is 5.36. The lowest BCUT2D eigenvalue weighted by molar-refractivity contribution is -0.138. The Morgan fingerprint density at radius 3 is 2.79 bits per heavy atom. The van der Waals surface area contributed by atoms with Crippen molar-refractivity contribution in [3.05, 3.63) is 34.7 Å². The van der Waals surface area contributed by atoms with Crippen LogP contribution in [-0.2, 0) is 11.3 Å². The highest BCUT2D eigenvalue weighted by Gasteiger charge is 2.31. The van der Waals surface area contributed by atoms with Gasteiger partial charge in [0.2, 0.25) is 5.91 Å². The van der Waals surface area contributed by atoms with Gasteiger partial charge in [-0.1, -0.05) is 24.4 Å². The number of carbonyl (C=O) groups is 1. The number of amides is 1. The standard InChI is InChI=1S/C18H23ClN4O/c1-13-16(23-10-14(19)6-7-17(23)20-13)11-21-8-9-22(18(24)12-21)15-4-2-3-5-15/h6-7,10,15H,2-5,8-9,11-12H2,1H3. The summed E-state index contributed by atoms with van der Waals surface area (Å²) < 4.78 is 2.05. The molecule has 3 heterocycles. The Balaban J connectivity index is 1.49. The first-order valence-corrected chi connectivity index (χ1v) is 9.14. The van der Waals surface area contributed by atoms with Crippen LogP contribution < -0.4 is 0 Å². The molecule has 0 bridgehead atoms. The Morgan fingerprint density at radius 2 is 2.04 bits per heavy atom. The molecule has 2 aromatic heterocycles. The van der Waals surface area contributed by atoms with E-state index < -0.39 is 0 Å². The average molecular weight is 347 g/mol. The van der Waals surface area contributed by atoms with Crippen molar-refractivity contribution in [3.63, 3.8) is 0 Å². The molecule has 0 unspecified atom stereocenters. The van der Waals surface area contributed by atoms with E-state index in [0.29, 0.717) is 17.6 Å². The fraction of sp³-hybridized carbons (Fsp3) is 0.556. The number of fused-ring (bicyclic) bond motifs is 1. The number of aromatic nitrogens is 2. The van der Waals surface area contributed by atoms with E-state index in [1.165, 1.54) is 25.7 Å². The molecular weight excluding hydrogens is 324 g/mol. The third kappa shape index (κ3) is 2.91. The van der Waals surface area contributed by atoms with Crippen molar-refractivity contribution in [2.45, 2.75) is 45.2 Å². The molecule has 0 aromatic carbocycles. The minimum Gasteiger partial charge on any atom is -0.337 e. The van der Waals surface area contributed by atoms with Crippen LogP contribution in [0.15, 0.2) is 18.3 Å². The second-order valence-corrected chi connectivity index (χ2v) is 7.39. The van der Waals surface area contributed by atoms with E-state index in [-0.39, 0.29) is 5.91 Å². The van der Waals surface area contributed by atoms with Crippen LogP contribution in [0.1, 0.15) is 37.1 Å². The van der Waals surface area contributed by atoms with Crippen LogP contribution in [0.5, 0.6) is 0 Å². The predicted molar refractivity (Wildman–Crippen MR) is 94.2 cm³/mol. The maximum absolute atomic E-state index is 12.6. The summed E-state index contributed by atoms with van der Waals surface area (Å²) in [6.07, 6.45) is 6.79. The molecule has 1 aliphatic carbocycles. The fourth-order valence-electron chi connectivity index (χ4n) is 4.06. The monoisotopic (exact) mass is 346 g/mol. The maximum Gasteiger partial charge on any atom is 0.237 e. The van der Waals surface area contributed by atoms with Crippen molar-refractivity contribution in [3.8, 4) is 0 Å². The summed E-state index contributed by atoms with van der Waals surface area (Å²) in [4.78, 5) is 21.5. The Morgan fingerprint density at radius 1 is 1.25 bits per heavy atom. The molecule has 2 aliphatic rings. The number of nitrogens with zero attached hydrogens (tertiary/aromatic N) is 4. The molecule has 1 amide bonds. The van der Waals surface area contributed by atoms with Gasteiger partial charge in [-0.3, -0.25) is 9.69 Å². The minimum absolute atomic E-state index is 0.276. The second kappa shape index (κ2) is 6.37. The minimum atomic E-state index is 0.276. The number of imidazole rings is 1. The van der Waals surface area contributed by atoms with Crippen LogP contribution in [0.25, 0.3) is 5.65 Å². The molecular formula is C18H23ClN4O. The Hall–Kier alpha value is -1.59. The van der Waals surface area contributed by atoms with Gasteiger partial charge in [0, 0.05) is 31.9 Å². The summed E-state index contributed by atoms with van der Waals surface area (Å²) in [7, 11) is 0. The molecule has 0 atom stereocenters. The largest absolute Gasteiger partial charge is 0.337 e. The second-order valence-electron chi connectivity index (χ2n) is 6.96. The number of rotatable bonds is 3. The van der Waals surface area contributed by atoms with E-state index in [0.717, 1.165) is 36.7 Å². The van der Waals surface area contributed by atoms with Gasteiger partial charge in [0.15, 0.2) is 0 Å². The van der Waals surface area contributed by atoms with E-state index in [4.69, 9.17) is 11.6 Å². The number of piperazine rings is 1. The topological polar surface area (TPSA) is 40.9 Å². The van der Waals surface area contributed by atoms with Crippen molar-refractivity contribution in [1.29, 1.82) is 0 Å². The van der Waals surface area contributed by atoms with Crippen LogP contribution in [-0.4, -0.2) is 50.8 Å². The highest BCUT2D eigenvalue weighted by molar-refractivity contribution is 6.30. The zero-order valence-electron chi connectivity index (χ0n) is 14.0. The smallest absolute Gasteiger partial charge is 0.237 e. The molecule has 0 spiro atoms. The van der Waals surface area contributed by atoms with Gasteiger partial charge in [0.05, 0.1) is 23.0 Å². The SMILES string of the molecule is Cc1nc2ccc(Cl)cn2c1CN1CCN(C2CCCC2)C(=O)C1. The predicted octanol–water partition coefficient (Wildman–Crippen LogP) is 2.88. The first kappa shape index (κ1) is 15.9. The average Bonchev–Trinajstić information content (AvgIpc) is 3.17. The van der Waals surface area contributed by atoms with Crippen molar-refractivity contribution >= 4 is 23.2 Å². The maximum atomic E-state index is 12.6. The molecule has 2 fully saturated rings. The fourth-order valence-corrected chi connectivity index (χ4v) is 4.22. The van der Waals surface area contributed by atoms with E-state index in [1.807, 2.05) is 29.7 Å². The van der Waals surface area contributed by atoms with Gasteiger partial charge in [-0.2, -0.15) is 0 Å². The number of pyridine rings is 1. The van der Waals surface area contributed by atoms with Crippen LogP contribution in [0.2, 0.25) is 5.02 Å². The summed E-state index contributed by atoms with van der Waals surface area (Å²) in [5.74, 6) is 0.276. The Kier molecular flexibility index (Phi) is 4.22. The van der Waals surface area contributed by atoms with Gasteiger partial charge in [-0.05, 0) is 31.9 Å². The highest BCUT2D eigenvalue weighted by Crippen LogP contribution is 2.25. The molecule has 1 saturated carbocycles. The normalized spacial score (nSPS) is 20.4.